The molecule has 84 heavy (non-hydrogen) atoms. The minimum atomic E-state index is -1.70. The van der Waals surface area contributed by atoms with Crippen LogP contribution in [0.5, 0.6) is 5.75 Å². The smallest absolute Gasteiger partial charge is 0.245 e. The van der Waals surface area contributed by atoms with Crippen molar-refractivity contribution in [2.24, 2.45) is 11.5 Å². The highest BCUT2D eigenvalue weighted by Crippen LogP contribution is 2.21. The molecule has 9 amide bonds. The number of thiol groups is 2. The number of para-hydroxylation sites is 1. The number of aliphatic hydroxyl groups is 2. The number of benzene rings is 3. The molecule has 0 unspecified atom stereocenters. The van der Waals surface area contributed by atoms with Crippen molar-refractivity contribution in [1.29, 1.82) is 0 Å². The quantitative estimate of drug-likeness (QED) is 0.0159. The van der Waals surface area contributed by atoms with Crippen molar-refractivity contribution in [3.05, 3.63) is 102 Å². The molecule has 1 fully saturated rings. The van der Waals surface area contributed by atoms with E-state index < -0.39 is 102 Å². The predicted octanol–water partition coefficient (Wildman–Crippen LogP) is -0.349. The molecule has 1 aliphatic heterocycles. The first-order valence-electron chi connectivity index (χ1n) is 28.0. The summed E-state index contributed by atoms with van der Waals surface area (Å²) in [5.74, 6) is -7.52. The van der Waals surface area contributed by atoms with Crippen LogP contribution in [0.1, 0.15) is 88.3 Å². The molecule has 24 nitrogen and oxygen atoms in total. The number of phenols is 1. The summed E-state index contributed by atoms with van der Waals surface area (Å²) in [6.07, 6.45) is 1.13. The maximum absolute atomic E-state index is 14.9. The summed E-state index contributed by atoms with van der Waals surface area (Å²) in [4.78, 5) is 141. The van der Waals surface area contributed by atoms with Crippen LogP contribution in [0.3, 0.4) is 0 Å². The van der Waals surface area contributed by atoms with Gasteiger partial charge < -0.3 is 69.0 Å². The number of unbranched alkanes of at least 4 members (excludes halogenated alkanes) is 3. The molecule has 1 aliphatic rings. The van der Waals surface area contributed by atoms with Crippen LogP contribution in [-0.2, 0) is 67.2 Å². The molecule has 0 spiro atoms. The van der Waals surface area contributed by atoms with Crippen molar-refractivity contribution in [2.45, 2.75) is 151 Å². The third-order valence-corrected chi connectivity index (χ3v) is 15.0. The number of aliphatic hydroxyl groups excluding tert-OH is 2. The fourth-order valence-electron chi connectivity index (χ4n) is 9.34. The average Bonchev–Trinajstić information content (AvgIpc) is 4.21. The zero-order chi connectivity index (χ0) is 61.5. The monoisotopic (exact) mass is 1200 g/mol. The summed E-state index contributed by atoms with van der Waals surface area (Å²) in [6, 6.07) is 10.8. The van der Waals surface area contributed by atoms with Crippen LogP contribution < -0.4 is 48.7 Å². The van der Waals surface area contributed by atoms with Gasteiger partial charge in [-0.15, -0.1) is 0 Å². The molecule has 1 saturated heterocycles. The van der Waals surface area contributed by atoms with Gasteiger partial charge in [-0.1, -0.05) is 67.1 Å². The zero-order valence-corrected chi connectivity index (χ0v) is 48.9. The molecule has 0 radical (unpaired) electrons. The lowest BCUT2D eigenvalue weighted by molar-refractivity contribution is -0.138. The fraction of sp³-hybridized carbons (Fsp3) is 0.483. The van der Waals surface area contributed by atoms with Gasteiger partial charge in [0.25, 0.3) is 0 Å². The van der Waals surface area contributed by atoms with E-state index in [0.29, 0.717) is 54.1 Å². The van der Waals surface area contributed by atoms with Crippen molar-refractivity contribution in [3.63, 3.8) is 0 Å². The summed E-state index contributed by atoms with van der Waals surface area (Å²) in [5, 5.41) is 49.7. The Morgan fingerprint density at radius 3 is 1.69 bits per heavy atom. The van der Waals surface area contributed by atoms with E-state index in [-0.39, 0.29) is 92.9 Å². The molecular weight excluding hydrogens is 1120 g/mol. The fourth-order valence-corrected chi connectivity index (χ4v) is 9.86. The van der Waals surface area contributed by atoms with Crippen LogP contribution >= 0.6 is 25.3 Å². The minimum absolute atomic E-state index is 0.0364. The number of aromatic hydroxyl groups is 1. The number of carbonyl (C=O) groups excluding carboxylic acids is 10. The van der Waals surface area contributed by atoms with Gasteiger partial charge in [-0.25, -0.2) is 0 Å². The average molecular weight is 1200 g/mol. The number of H-pyrrole nitrogens is 1. The van der Waals surface area contributed by atoms with Gasteiger partial charge in [0.05, 0.1) is 18.2 Å². The van der Waals surface area contributed by atoms with Crippen molar-refractivity contribution in [3.8, 4) is 5.75 Å². The van der Waals surface area contributed by atoms with Gasteiger partial charge in [0.15, 0.2) is 5.78 Å². The van der Waals surface area contributed by atoms with E-state index in [4.69, 9.17) is 11.5 Å². The molecule has 0 aliphatic carbocycles. The number of hydrogen-bond acceptors (Lipinski definition) is 17. The number of carbonyl (C=O) groups is 10. The Bertz CT molecular complexity index is 2880. The number of phenolic OH excluding ortho intramolecular Hbond substituents is 1. The molecular formula is C58H79N11O13S2. The third kappa shape index (κ3) is 20.5. The first-order chi connectivity index (χ1) is 40.1. The number of nitrogens with two attached hydrogens (primary N) is 2. The number of rotatable bonds is 35. The minimum Gasteiger partial charge on any atom is -0.508 e. The van der Waals surface area contributed by atoms with E-state index in [1.165, 1.54) is 43.0 Å². The number of fused-ring (bicyclic) bond motifs is 1. The van der Waals surface area contributed by atoms with Crippen LogP contribution in [0.25, 0.3) is 10.9 Å². The molecule has 2 heterocycles. The second kappa shape index (κ2) is 33.8. The molecule has 5 rings (SSSR count). The van der Waals surface area contributed by atoms with Gasteiger partial charge in [0.1, 0.15) is 48.0 Å². The molecule has 26 heteroatoms. The summed E-state index contributed by atoms with van der Waals surface area (Å²) < 4.78 is 0. The second-order valence-electron chi connectivity index (χ2n) is 20.8. The van der Waals surface area contributed by atoms with Crippen LogP contribution in [0.4, 0.5) is 0 Å². The molecule has 10 atom stereocenters. The Morgan fingerprint density at radius 1 is 0.571 bits per heavy atom. The first-order valence-corrected chi connectivity index (χ1v) is 29.3. The van der Waals surface area contributed by atoms with Crippen LogP contribution in [-0.4, -0.2) is 169 Å². The maximum atomic E-state index is 14.9. The number of aromatic nitrogens is 1. The van der Waals surface area contributed by atoms with Crippen molar-refractivity contribution < 1.29 is 63.3 Å². The van der Waals surface area contributed by atoms with Gasteiger partial charge in [-0.2, -0.15) is 25.3 Å². The van der Waals surface area contributed by atoms with Crippen LogP contribution in [0.2, 0.25) is 0 Å². The molecule has 15 N–H and O–H groups in total. The van der Waals surface area contributed by atoms with Gasteiger partial charge in [0.2, 0.25) is 53.2 Å². The lowest BCUT2D eigenvalue weighted by Gasteiger charge is -2.28. The maximum Gasteiger partial charge on any atom is 0.245 e. The van der Waals surface area contributed by atoms with E-state index in [1.807, 2.05) is 12.1 Å². The number of imide groups is 1. The number of Topliss-reactive ketones (excluding diaryl/α,β-unsaturated/α-hetero) is 1. The Morgan fingerprint density at radius 2 is 1.08 bits per heavy atom. The first kappa shape index (κ1) is 67.4. The number of hydrogen-bond donors (Lipinski definition) is 15. The van der Waals surface area contributed by atoms with Gasteiger partial charge >= 0.3 is 0 Å². The predicted molar refractivity (Wildman–Crippen MR) is 319 cm³/mol. The van der Waals surface area contributed by atoms with Gasteiger partial charge in [-0.3, -0.25) is 52.8 Å². The van der Waals surface area contributed by atoms with E-state index in [0.717, 1.165) is 5.56 Å². The van der Waals surface area contributed by atoms with Crippen LogP contribution in [0, 0.1) is 0 Å². The van der Waals surface area contributed by atoms with Gasteiger partial charge in [0, 0.05) is 67.3 Å². The summed E-state index contributed by atoms with van der Waals surface area (Å²) in [7, 11) is 0. The van der Waals surface area contributed by atoms with E-state index >= 15 is 0 Å². The molecule has 0 bridgehead atoms. The summed E-state index contributed by atoms with van der Waals surface area (Å²) >= 11 is 8.54. The number of likely N-dealkylation sites (tertiary alicyclic amines) is 1. The highest BCUT2D eigenvalue weighted by atomic mass is 32.1. The highest BCUT2D eigenvalue weighted by molar-refractivity contribution is 7.80. The van der Waals surface area contributed by atoms with Gasteiger partial charge in [-0.05, 0) is 93.8 Å². The lowest BCUT2D eigenvalue weighted by Crippen LogP contribution is -2.62. The standard InChI is InChI=1S/C58H79N11O13S2/c1-33(70)50(60)57(81)67-46(32-84)56(80)68-51(34(2)71)58(82)62-41(17-10-11-25-59)52(76)65-44(29-37-30-61-40-16-9-8-15-39(37)40)54(78)64-43(28-36-19-21-38(72)22-20-36)53(77)66-45(31-83)55(79)63-42(27-35-13-5-3-6-14-35)47(73)18-7-4-12-26-69-48(74)23-24-49(69)75/h3,5-6,8-9,13-16,19-22,30,33-34,41-46,50-51,61,70-72,83-84H,4,7,10-12,17-18,23-29,31-32,59-60H2,1-2H3,(H,62,82)(H,63,79)(H,64,78)(H,65,76)(H,66,77)(H,67,81)(H,68,80)/t33-,34-,41+,42-,43+,44-,45+,46+,50+,51+/m1/s1. The molecule has 0 saturated carbocycles. The molecule has 3 aromatic carbocycles. The number of aromatic amines is 1. The lowest BCUT2D eigenvalue weighted by atomic mass is 9.98. The number of ketones is 1. The number of nitrogens with one attached hydrogen (secondary N) is 8. The Labute approximate surface area is 498 Å². The van der Waals surface area contributed by atoms with Crippen molar-refractivity contribution in [1.82, 2.24) is 47.1 Å². The zero-order valence-electron chi connectivity index (χ0n) is 47.1. The SMILES string of the molecule is C[C@@H](O)[C@H](N)C(=O)N[C@@H](CS)C(=O)N[C@H](C(=O)N[C@@H](CCCCN)C(=O)N[C@H](Cc1c[nH]c2ccccc12)C(=O)N[C@@H](Cc1ccc(O)cc1)C(=O)N[C@@H](CS)C(=O)N[C@H](Cc1ccccc1)C(=O)CCCCCN1C(=O)CCC1=O)[C@@H](C)O. The topological polar surface area (TPSA) is 387 Å². The Hall–Kier alpha value is -7.36. The molecule has 4 aromatic rings. The van der Waals surface area contributed by atoms with E-state index in [9.17, 15) is 63.3 Å². The highest BCUT2D eigenvalue weighted by Gasteiger charge is 2.36. The Kier molecular flexibility index (Phi) is 27.1. The number of amides is 9. The third-order valence-electron chi connectivity index (χ3n) is 14.3. The summed E-state index contributed by atoms with van der Waals surface area (Å²) in [6.45, 7) is 2.97. The number of nitrogens with zero attached hydrogens (tertiary/aromatic N) is 1. The normalized spacial score (nSPS) is 15.9. The van der Waals surface area contributed by atoms with E-state index in [2.05, 4.69) is 67.5 Å². The Balaban J connectivity index is 1.38. The van der Waals surface area contributed by atoms with Crippen LogP contribution in [0.15, 0.2) is 85.1 Å². The summed E-state index contributed by atoms with van der Waals surface area (Å²) in [5.41, 5.74) is 14.0. The molecule has 1 aromatic heterocycles. The largest absolute Gasteiger partial charge is 0.508 e. The van der Waals surface area contributed by atoms with Crippen molar-refractivity contribution >= 4 is 95.1 Å². The second-order valence-corrected chi connectivity index (χ2v) is 21.6. The molecule has 456 valence electrons. The van der Waals surface area contributed by atoms with Crippen molar-refractivity contribution in [2.75, 3.05) is 24.6 Å². The van der Waals surface area contributed by atoms with E-state index in [1.54, 1.807) is 48.7 Å².